The van der Waals surface area contributed by atoms with Crippen molar-refractivity contribution in [2.24, 2.45) is 23.9 Å². The summed E-state index contributed by atoms with van der Waals surface area (Å²) in [5, 5.41) is 0. The number of amides is 2. The molecule has 7 nitrogen and oxygen atoms in total. The van der Waals surface area contributed by atoms with Crippen molar-refractivity contribution in [2.45, 2.75) is 31.2 Å². The number of hydrogen-bond acceptors (Lipinski definition) is 4. The van der Waals surface area contributed by atoms with Crippen LogP contribution in [-0.4, -0.2) is 62.2 Å². The molecule has 0 atom stereocenters. The average Bonchev–Trinajstić information content (AvgIpc) is 3.75. The van der Waals surface area contributed by atoms with Crippen LogP contribution in [0.4, 0.5) is 4.39 Å². The molecule has 178 valence electrons. The molecule has 3 aromatic rings. The van der Waals surface area contributed by atoms with Gasteiger partial charge in [-0.25, -0.2) is 9.37 Å². The van der Waals surface area contributed by atoms with Gasteiger partial charge in [0.05, 0.1) is 22.9 Å². The number of hydrogen-bond donors (Lipinski definition) is 0. The van der Waals surface area contributed by atoms with Gasteiger partial charge in [-0.2, -0.15) is 0 Å². The van der Waals surface area contributed by atoms with E-state index in [2.05, 4.69) is 4.98 Å². The van der Waals surface area contributed by atoms with Crippen LogP contribution < -0.4 is 0 Å². The number of fused-ring (bicyclic) bond motifs is 1. The second-order valence-electron chi connectivity index (χ2n) is 10.5. The van der Waals surface area contributed by atoms with E-state index in [0.29, 0.717) is 43.9 Å². The SMILES string of the molecule is Cn1cnc2cc(-c3ccc(C4=NC5(CC5)C(=O)N4CC4CN(C(=O)C5CC5)C4)c(F)c3)ccc21. The third kappa shape index (κ3) is 3.30. The van der Waals surface area contributed by atoms with Crippen LogP contribution in [0, 0.1) is 17.7 Å². The van der Waals surface area contributed by atoms with E-state index in [1.54, 1.807) is 17.3 Å². The highest BCUT2D eigenvalue weighted by Crippen LogP contribution is 2.46. The lowest BCUT2D eigenvalue weighted by Crippen LogP contribution is -2.55. The lowest BCUT2D eigenvalue weighted by atomic mass is 9.97. The van der Waals surface area contributed by atoms with Crippen molar-refractivity contribution in [3.63, 3.8) is 0 Å². The normalized spacial score (nSPS) is 21.1. The van der Waals surface area contributed by atoms with E-state index in [4.69, 9.17) is 4.99 Å². The molecule has 2 saturated carbocycles. The molecule has 2 aromatic carbocycles. The fourth-order valence-corrected chi connectivity index (χ4v) is 5.38. The van der Waals surface area contributed by atoms with Gasteiger partial charge in [0.1, 0.15) is 17.2 Å². The van der Waals surface area contributed by atoms with Crippen molar-refractivity contribution in [3.05, 3.63) is 54.1 Å². The molecule has 35 heavy (non-hydrogen) atoms. The van der Waals surface area contributed by atoms with Gasteiger partial charge in [0.25, 0.3) is 5.91 Å². The summed E-state index contributed by atoms with van der Waals surface area (Å²) in [6.45, 7) is 1.80. The predicted octanol–water partition coefficient (Wildman–Crippen LogP) is 3.37. The van der Waals surface area contributed by atoms with Gasteiger partial charge in [-0.1, -0.05) is 12.1 Å². The van der Waals surface area contributed by atoms with E-state index in [-0.39, 0.29) is 23.7 Å². The van der Waals surface area contributed by atoms with Gasteiger partial charge >= 0.3 is 0 Å². The lowest BCUT2D eigenvalue weighted by molar-refractivity contribution is -0.139. The number of carbonyl (C=O) groups excluding carboxylic acids is 2. The van der Waals surface area contributed by atoms with Crippen LogP contribution in [0.25, 0.3) is 22.2 Å². The van der Waals surface area contributed by atoms with Crippen molar-refractivity contribution < 1.29 is 14.0 Å². The summed E-state index contributed by atoms with van der Waals surface area (Å²) < 4.78 is 17.4. The zero-order valence-corrected chi connectivity index (χ0v) is 19.6. The van der Waals surface area contributed by atoms with E-state index >= 15 is 4.39 Å². The molecule has 1 aromatic heterocycles. The van der Waals surface area contributed by atoms with Gasteiger partial charge in [-0.3, -0.25) is 19.5 Å². The van der Waals surface area contributed by atoms with E-state index in [1.807, 2.05) is 40.8 Å². The third-order valence-corrected chi connectivity index (χ3v) is 7.85. The highest BCUT2D eigenvalue weighted by molar-refractivity contribution is 6.16. The Morgan fingerprint density at radius 3 is 2.57 bits per heavy atom. The maximum atomic E-state index is 15.5. The molecule has 3 fully saturated rings. The predicted molar refractivity (Wildman–Crippen MR) is 129 cm³/mol. The number of likely N-dealkylation sites (tertiary alicyclic amines) is 1. The number of aryl methyl sites for hydroxylation is 1. The molecule has 0 bridgehead atoms. The number of nitrogens with zero attached hydrogens (tertiary/aromatic N) is 5. The number of amidine groups is 1. The summed E-state index contributed by atoms with van der Waals surface area (Å²) in [6.07, 6.45) is 5.18. The number of benzene rings is 2. The molecule has 3 heterocycles. The summed E-state index contributed by atoms with van der Waals surface area (Å²) in [7, 11) is 1.94. The van der Waals surface area contributed by atoms with Crippen LogP contribution in [0.15, 0.2) is 47.7 Å². The summed E-state index contributed by atoms with van der Waals surface area (Å²) in [5.41, 5.74) is 3.17. The second-order valence-corrected chi connectivity index (χ2v) is 10.5. The van der Waals surface area contributed by atoms with Crippen molar-refractivity contribution in [1.82, 2.24) is 19.4 Å². The summed E-state index contributed by atoms with van der Waals surface area (Å²) in [5.74, 6) is 0.673. The lowest BCUT2D eigenvalue weighted by Gasteiger charge is -2.41. The number of imidazole rings is 1. The number of rotatable bonds is 5. The Morgan fingerprint density at radius 1 is 1.11 bits per heavy atom. The molecule has 8 heteroatoms. The molecule has 2 aliphatic heterocycles. The maximum Gasteiger partial charge on any atom is 0.256 e. The van der Waals surface area contributed by atoms with Gasteiger partial charge in [-0.05, 0) is 61.1 Å². The Labute approximate surface area is 202 Å². The standard InChI is InChI=1S/C27H26FN5O2/c1-31-15-29-22-11-19(5-7-23(22)31)18-4-6-20(21(28)10-18)24-30-27(8-9-27)26(35)33(24)14-16-12-32(13-16)25(34)17-2-3-17/h4-7,10-11,15-17H,2-3,8-9,12-14H2,1H3. The van der Waals surface area contributed by atoms with Gasteiger partial charge in [0.15, 0.2) is 0 Å². The smallest absolute Gasteiger partial charge is 0.256 e. The molecule has 0 radical (unpaired) electrons. The minimum Gasteiger partial charge on any atom is -0.342 e. The van der Waals surface area contributed by atoms with Gasteiger partial charge in [0.2, 0.25) is 5.91 Å². The van der Waals surface area contributed by atoms with E-state index < -0.39 is 11.4 Å². The van der Waals surface area contributed by atoms with E-state index in [0.717, 1.165) is 35.0 Å². The monoisotopic (exact) mass is 471 g/mol. The molecule has 4 aliphatic rings. The minimum absolute atomic E-state index is 0.0245. The Balaban J connectivity index is 1.14. The molecule has 0 N–H and O–H groups in total. The number of halogens is 1. The first kappa shape index (κ1) is 20.8. The molecular weight excluding hydrogens is 445 g/mol. The van der Waals surface area contributed by atoms with Gasteiger partial charge < -0.3 is 9.47 Å². The van der Waals surface area contributed by atoms with Crippen molar-refractivity contribution in [1.29, 1.82) is 0 Å². The Bertz CT molecular complexity index is 1430. The molecular formula is C27H26FN5O2. The third-order valence-electron chi connectivity index (χ3n) is 7.85. The number of aliphatic imine (C=N–C) groups is 1. The Kier molecular flexibility index (Phi) is 4.29. The zero-order valence-electron chi connectivity index (χ0n) is 19.6. The number of aromatic nitrogens is 2. The van der Waals surface area contributed by atoms with Crippen LogP contribution in [0.3, 0.4) is 0 Å². The molecule has 2 amide bonds. The van der Waals surface area contributed by atoms with Gasteiger partial charge in [-0.15, -0.1) is 0 Å². The van der Waals surface area contributed by atoms with Crippen LogP contribution >= 0.6 is 0 Å². The summed E-state index contributed by atoms with van der Waals surface area (Å²) >= 11 is 0. The van der Waals surface area contributed by atoms with Crippen molar-refractivity contribution in [3.8, 4) is 11.1 Å². The van der Waals surface area contributed by atoms with Crippen LogP contribution in [-0.2, 0) is 16.6 Å². The first-order chi connectivity index (χ1) is 16.9. The van der Waals surface area contributed by atoms with Crippen LogP contribution in [0.5, 0.6) is 0 Å². The molecule has 2 aliphatic carbocycles. The largest absolute Gasteiger partial charge is 0.342 e. The molecule has 0 unspecified atom stereocenters. The highest BCUT2D eigenvalue weighted by Gasteiger charge is 2.58. The average molecular weight is 472 g/mol. The van der Waals surface area contributed by atoms with Gasteiger partial charge in [0, 0.05) is 38.5 Å². The van der Waals surface area contributed by atoms with Crippen molar-refractivity contribution >= 4 is 28.7 Å². The Morgan fingerprint density at radius 2 is 1.86 bits per heavy atom. The fourth-order valence-electron chi connectivity index (χ4n) is 5.38. The van der Waals surface area contributed by atoms with Crippen molar-refractivity contribution in [2.75, 3.05) is 19.6 Å². The summed E-state index contributed by atoms with van der Waals surface area (Å²) in [6, 6.07) is 11.0. The van der Waals surface area contributed by atoms with Crippen LogP contribution in [0.2, 0.25) is 0 Å². The second kappa shape index (κ2) is 7.23. The minimum atomic E-state index is -0.697. The molecule has 1 spiro atoms. The molecule has 7 rings (SSSR count). The first-order valence-corrected chi connectivity index (χ1v) is 12.3. The topological polar surface area (TPSA) is 70.8 Å². The first-order valence-electron chi connectivity index (χ1n) is 12.3. The van der Waals surface area contributed by atoms with E-state index in [1.165, 1.54) is 6.07 Å². The quantitative estimate of drug-likeness (QED) is 0.573. The maximum absolute atomic E-state index is 15.5. The zero-order chi connectivity index (χ0) is 23.9. The molecule has 1 saturated heterocycles. The van der Waals surface area contributed by atoms with Crippen LogP contribution in [0.1, 0.15) is 31.2 Å². The number of carbonyl (C=O) groups is 2. The van der Waals surface area contributed by atoms with E-state index in [9.17, 15) is 9.59 Å². The highest BCUT2D eigenvalue weighted by atomic mass is 19.1. The summed E-state index contributed by atoms with van der Waals surface area (Å²) in [4.78, 5) is 38.2. The fraction of sp³-hybridized carbons (Fsp3) is 0.407. The Hall–Kier alpha value is -3.55.